The van der Waals surface area contributed by atoms with Crippen LogP contribution in [-0.2, 0) is 9.53 Å². The van der Waals surface area contributed by atoms with Crippen LogP contribution in [-0.4, -0.2) is 42.4 Å². The summed E-state index contributed by atoms with van der Waals surface area (Å²) in [4.78, 5) is 18.7. The first-order chi connectivity index (χ1) is 9.72. The number of aliphatic hydroxyl groups is 1. The number of halogens is 1. The molecule has 1 aliphatic carbocycles. The third-order valence-corrected chi connectivity index (χ3v) is 5.26. The van der Waals surface area contributed by atoms with Gasteiger partial charge in [0.05, 0.1) is 32.3 Å². The quantitative estimate of drug-likeness (QED) is 0.878. The third-order valence-electron chi connectivity index (χ3n) is 4.83. The van der Waals surface area contributed by atoms with Crippen LogP contribution in [0, 0.1) is 17.8 Å². The number of nitrogens with zero attached hydrogens (tertiary/aromatic N) is 2. The SMILES string of the molecule is O=C1[C@@H]2[C@H]3COC[C@H]3[C@@H]2c2cc(Br)cnc2N1CCO. The summed E-state index contributed by atoms with van der Waals surface area (Å²) < 4.78 is 6.49. The summed E-state index contributed by atoms with van der Waals surface area (Å²) in [6.07, 6.45) is 1.71. The van der Waals surface area contributed by atoms with Crippen LogP contribution in [0.3, 0.4) is 0 Å². The number of aromatic nitrogens is 1. The maximum absolute atomic E-state index is 12.7. The van der Waals surface area contributed by atoms with E-state index in [1.54, 1.807) is 11.1 Å². The topological polar surface area (TPSA) is 62.7 Å². The van der Waals surface area contributed by atoms with Gasteiger partial charge in [-0.2, -0.15) is 0 Å². The summed E-state index contributed by atoms with van der Waals surface area (Å²) in [6, 6.07) is 2.06. The maximum Gasteiger partial charge on any atom is 0.232 e. The Kier molecular flexibility index (Phi) is 2.87. The number of pyridine rings is 1. The Bertz CT molecular complexity index is 580. The third kappa shape index (κ3) is 1.55. The number of fused-ring (bicyclic) bond motifs is 6. The lowest BCUT2D eigenvalue weighted by Gasteiger charge is -2.52. The number of hydrogen-bond acceptors (Lipinski definition) is 4. The first-order valence-electron chi connectivity index (χ1n) is 6.88. The normalized spacial score (nSPS) is 34.3. The summed E-state index contributed by atoms with van der Waals surface area (Å²) in [5.74, 6) is 1.80. The number of ether oxygens (including phenoxy) is 1. The van der Waals surface area contributed by atoms with Crippen molar-refractivity contribution in [3.63, 3.8) is 0 Å². The monoisotopic (exact) mass is 338 g/mol. The molecule has 1 N–H and O–H groups in total. The van der Waals surface area contributed by atoms with E-state index in [0.29, 0.717) is 30.8 Å². The lowest BCUT2D eigenvalue weighted by Crippen LogP contribution is -2.57. The zero-order valence-electron chi connectivity index (χ0n) is 10.8. The molecule has 3 aliphatic rings. The van der Waals surface area contributed by atoms with Crippen molar-refractivity contribution in [2.75, 3.05) is 31.3 Å². The van der Waals surface area contributed by atoms with Gasteiger partial charge in [0.15, 0.2) is 0 Å². The standard InChI is InChI=1S/C14H15BrN2O3/c15-7-3-8-11-9-5-20-6-10(9)12(11)14(19)17(1-2-18)13(8)16-4-7/h3-4,9-12,18H,1-2,5-6H2/t9-,10+,11+,12-/m1/s1. The van der Waals surface area contributed by atoms with Gasteiger partial charge in [-0.1, -0.05) is 0 Å². The summed E-state index contributed by atoms with van der Waals surface area (Å²) in [6.45, 7) is 1.68. The molecule has 1 saturated heterocycles. The van der Waals surface area contributed by atoms with E-state index >= 15 is 0 Å². The van der Waals surface area contributed by atoms with E-state index in [9.17, 15) is 9.90 Å². The number of β-amino-alcohol motifs (C(OH)–C–C–N with tert-alkyl or cyclic N) is 1. The van der Waals surface area contributed by atoms with Gasteiger partial charge >= 0.3 is 0 Å². The summed E-state index contributed by atoms with van der Waals surface area (Å²) in [5, 5.41) is 9.22. The average molecular weight is 339 g/mol. The first kappa shape index (κ1) is 12.7. The molecule has 2 aliphatic heterocycles. The van der Waals surface area contributed by atoms with Crippen molar-refractivity contribution in [2.24, 2.45) is 17.8 Å². The molecule has 0 aromatic carbocycles. The van der Waals surface area contributed by atoms with Gasteiger partial charge in [0.25, 0.3) is 0 Å². The highest BCUT2D eigenvalue weighted by Crippen LogP contribution is 2.59. The van der Waals surface area contributed by atoms with Crippen LogP contribution in [0.2, 0.25) is 0 Å². The van der Waals surface area contributed by atoms with Crippen LogP contribution < -0.4 is 4.90 Å². The van der Waals surface area contributed by atoms with Crippen LogP contribution in [0.4, 0.5) is 5.82 Å². The van der Waals surface area contributed by atoms with Gasteiger partial charge in [-0.3, -0.25) is 9.69 Å². The van der Waals surface area contributed by atoms with Crippen molar-refractivity contribution in [2.45, 2.75) is 5.92 Å². The molecule has 4 atom stereocenters. The highest BCUT2D eigenvalue weighted by atomic mass is 79.9. The molecule has 2 fully saturated rings. The van der Waals surface area contributed by atoms with Gasteiger partial charge in [0, 0.05) is 28.1 Å². The number of rotatable bonds is 2. The van der Waals surface area contributed by atoms with Gasteiger partial charge in [-0.25, -0.2) is 4.98 Å². The number of carbonyl (C=O) groups is 1. The van der Waals surface area contributed by atoms with Crippen molar-refractivity contribution in [1.82, 2.24) is 4.98 Å². The van der Waals surface area contributed by atoms with Gasteiger partial charge in [0.2, 0.25) is 5.91 Å². The van der Waals surface area contributed by atoms with Gasteiger partial charge in [0.1, 0.15) is 5.82 Å². The van der Waals surface area contributed by atoms with Crippen LogP contribution in [0.5, 0.6) is 0 Å². The summed E-state index contributed by atoms with van der Waals surface area (Å²) in [7, 11) is 0. The fraction of sp³-hybridized carbons (Fsp3) is 0.571. The van der Waals surface area contributed by atoms with Crippen molar-refractivity contribution in [1.29, 1.82) is 0 Å². The minimum atomic E-state index is -0.0507. The Balaban J connectivity index is 1.82. The predicted molar refractivity (Wildman–Crippen MR) is 75.4 cm³/mol. The van der Waals surface area contributed by atoms with E-state index < -0.39 is 0 Å². The van der Waals surface area contributed by atoms with Gasteiger partial charge < -0.3 is 9.84 Å². The molecule has 0 unspecified atom stereocenters. The van der Waals surface area contributed by atoms with E-state index in [0.717, 1.165) is 16.6 Å². The fourth-order valence-electron chi connectivity index (χ4n) is 3.99. The molecular formula is C14H15BrN2O3. The minimum Gasteiger partial charge on any atom is -0.395 e. The zero-order chi connectivity index (χ0) is 13.9. The second-order valence-electron chi connectivity index (χ2n) is 5.70. The molecular weight excluding hydrogens is 324 g/mol. The smallest absolute Gasteiger partial charge is 0.232 e. The molecule has 0 spiro atoms. The highest BCUT2D eigenvalue weighted by molar-refractivity contribution is 9.10. The Morgan fingerprint density at radius 1 is 1.40 bits per heavy atom. The molecule has 0 radical (unpaired) electrons. The van der Waals surface area contributed by atoms with Crippen LogP contribution in [0.25, 0.3) is 0 Å². The number of amides is 1. The molecule has 1 saturated carbocycles. The predicted octanol–water partition coefficient (Wildman–Crippen LogP) is 1.16. The molecule has 1 amide bonds. The van der Waals surface area contributed by atoms with E-state index in [-0.39, 0.29) is 24.3 Å². The second-order valence-corrected chi connectivity index (χ2v) is 6.61. The van der Waals surface area contributed by atoms with E-state index in [4.69, 9.17) is 4.74 Å². The summed E-state index contributed by atoms with van der Waals surface area (Å²) >= 11 is 3.46. The number of anilines is 1. The Morgan fingerprint density at radius 3 is 2.90 bits per heavy atom. The maximum atomic E-state index is 12.7. The average Bonchev–Trinajstić information content (AvgIpc) is 2.80. The largest absolute Gasteiger partial charge is 0.395 e. The lowest BCUT2D eigenvalue weighted by atomic mass is 9.54. The van der Waals surface area contributed by atoms with Crippen molar-refractivity contribution < 1.29 is 14.6 Å². The van der Waals surface area contributed by atoms with Crippen molar-refractivity contribution in [3.05, 3.63) is 22.3 Å². The fourth-order valence-corrected chi connectivity index (χ4v) is 4.34. The zero-order valence-corrected chi connectivity index (χ0v) is 12.4. The van der Waals surface area contributed by atoms with Crippen molar-refractivity contribution in [3.8, 4) is 0 Å². The Morgan fingerprint density at radius 2 is 2.15 bits per heavy atom. The molecule has 20 heavy (non-hydrogen) atoms. The number of hydrogen-bond donors (Lipinski definition) is 1. The van der Waals surface area contributed by atoms with Crippen LogP contribution in [0.15, 0.2) is 16.7 Å². The van der Waals surface area contributed by atoms with Gasteiger partial charge in [-0.15, -0.1) is 0 Å². The molecule has 1 aromatic heterocycles. The second kappa shape index (κ2) is 4.51. The number of carbonyl (C=O) groups excluding carboxylic acids is 1. The minimum absolute atomic E-state index is 0.00218. The van der Waals surface area contributed by atoms with Crippen LogP contribution >= 0.6 is 15.9 Å². The van der Waals surface area contributed by atoms with E-state index in [1.165, 1.54) is 0 Å². The number of aliphatic hydroxyl groups excluding tert-OH is 1. The van der Waals surface area contributed by atoms with Crippen LogP contribution in [0.1, 0.15) is 11.5 Å². The molecule has 4 rings (SSSR count). The summed E-state index contributed by atoms with van der Waals surface area (Å²) in [5.41, 5.74) is 1.11. The molecule has 5 nitrogen and oxygen atoms in total. The molecule has 1 aromatic rings. The highest BCUT2D eigenvalue weighted by Gasteiger charge is 2.60. The van der Waals surface area contributed by atoms with Crippen molar-refractivity contribution >= 4 is 27.7 Å². The molecule has 106 valence electrons. The van der Waals surface area contributed by atoms with Gasteiger partial charge in [-0.05, 0) is 27.9 Å². The van der Waals surface area contributed by atoms with E-state index in [1.807, 2.05) is 0 Å². The van der Waals surface area contributed by atoms with E-state index in [2.05, 4.69) is 27.0 Å². The molecule has 6 heteroatoms. The lowest BCUT2D eigenvalue weighted by molar-refractivity contribution is -0.132. The molecule has 0 bridgehead atoms. The first-order valence-corrected chi connectivity index (χ1v) is 7.67. The molecule has 3 heterocycles. The Hall–Kier alpha value is -0.980. The Labute approximate surface area is 125 Å².